The lowest BCUT2D eigenvalue weighted by atomic mass is 10.1. The number of para-hydroxylation sites is 2. The molecule has 1 heterocycles. The zero-order chi connectivity index (χ0) is 16.1. The van der Waals surface area contributed by atoms with E-state index in [4.69, 9.17) is 14.2 Å². The third kappa shape index (κ3) is 3.63. The van der Waals surface area contributed by atoms with Crippen molar-refractivity contribution < 1.29 is 19.0 Å². The molecule has 3 rings (SSSR count). The maximum atomic E-state index is 12.3. The number of ether oxygens (including phenoxy) is 3. The normalized spacial score (nSPS) is 16.0. The fourth-order valence-electron chi connectivity index (χ4n) is 2.47. The summed E-state index contributed by atoms with van der Waals surface area (Å²) < 4.78 is 16.4. The van der Waals surface area contributed by atoms with Gasteiger partial charge in [-0.2, -0.15) is 0 Å². The van der Waals surface area contributed by atoms with Crippen molar-refractivity contribution >= 4 is 5.91 Å². The number of benzene rings is 2. The van der Waals surface area contributed by atoms with E-state index in [0.29, 0.717) is 24.7 Å². The fraction of sp³-hybridized carbons (Fsp3) is 0.278. The van der Waals surface area contributed by atoms with Crippen LogP contribution in [0.15, 0.2) is 48.5 Å². The third-order valence-electron chi connectivity index (χ3n) is 3.67. The van der Waals surface area contributed by atoms with Crippen molar-refractivity contribution in [3.8, 4) is 11.5 Å². The summed E-state index contributed by atoms with van der Waals surface area (Å²) in [6, 6.07) is 15.2. The Morgan fingerprint density at radius 3 is 2.61 bits per heavy atom. The SMILES string of the molecule is COCc1ccccc1CNC(=O)C1COc2ccccc2O1. The summed E-state index contributed by atoms with van der Waals surface area (Å²) in [5, 5.41) is 2.90. The Bertz CT molecular complexity index is 686. The fourth-order valence-corrected chi connectivity index (χ4v) is 2.47. The summed E-state index contributed by atoms with van der Waals surface area (Å²) in [5.41, 5.74) is 2.08. The van der Waals surface area contributed by atoms with Crippen LogP contribution in [0.2, 0.25) is 0 Å². The Hall–Kier alpha value is -2.53. The molecule has 0 radical (unpaired) electrons. The first kappa shape index (κ1) is 15.4. The molecule has 5 nitrogen and oxygen atoms in total. The molecule has 1 atom stereocenters. The molecule has 1 aliphatic heterocycles. The second kappa shape index (κ2) is 7.15. The topological polar surface area (TPSA) is 56.8 Å². The Morgan fingerprint density at radius 2 is 1.83 bits per heavy atom. The van der Waals surface area contributed by atoms with E-state index in [-0.39, 0.29) is 12.5 Å². The molecule has 1 amide bonds. The summed E-state index contributed by atoms with van der Waals surface area (Å²) in [6.07, 6.45) is -0.639. The van der Waals surface area contributed by atoms with E-state index in [1.54, 1.807) is 13.2 Å². The number of methoxy groups -OCH3 is 1. The van der Waals surface area contributed by atoms with E-state index in [0.717, 1.165) is 11.1 Å². The minimum absolute atomic E-state index is 0.188. The molecule has 2 aromatic carbocycles. The van der Waals surface area contributed by atoms with Gasteiger partial charge in [0.15, 0.2) is 11.5 Å². The Morgan fingerprint density at radius 1 is 1.13 bits per heavy atom. The van der Waals surface area contributed by atoms with Gasteiger partial charge in [-0.1, -0.05) is 36.4 Å². The molecule has 1 unspecified atom stereocenters. The standard InChI is InChI=1S/C18H19NO4/c1-21-11-14-7-3-2-6-13(14)10-19-18(20)17-12-22-15-8-4-5-9-16(15)23-17/h2-9,17H,10-12H2,1H3,(H,19,20). The molecule has 120 valence electrons. The van der Waals surface area contributed by atoms with Gasteiger partial charge in [-0.05, 0) is 23.3 Å². The Balaban J connectivity index is 1.60. The molecular weight excluding hydrogens is 294 g/mol. The molecule has 2 aromatic rings. The summed E-state index contributed by atoms with van der Waals surface area (Å²) in [6.45, 7) is 1.16. The van der Waals surface area contributed by atoms with Gasteiger partial charge in [-0.25, -0.2) is 0 Å². The van der Waals surface area contributed by atoms with Crippen LogP contribution in [-0.4, -0.2) is 25.7 Å². The van der Waals surface area contributed by atoms with Crippen molar-refractivity contribution in [3.05, 3.63) is 59.7 Å². The van der Waals surface area contributed by atoms with Crippen LogP contribution in [0.1, 0.15) is 11.1 Å². The quantitative estimate of drug-likeness (QED) is 0.920. The smallest absolute Gasteiger partial charge is 0.264 e. The molecule has 5 heteroatoms. The predicted octanol–water partition coefficient (Wildman–Crippen LogP) is 2.29. The second-order valence-electron chi connectivity index (χ2n) is 5.28. The van der Waals surface area contributed by atoms with E-state index in [1.165, 1.54) is 0 Å². The monoisotopic (exact) mass is 313 g/mol. The number of fused-ring (bicyclic) bond motifs is 1. The van der Waals surface area contributed by atoms with Crippen LogP contribution >= 0.6 is 0 Å². The van der Waals surface area contributed by atoms with Crippen LogP contribution in [0.3, 0.4) is 0 Å². The minimum Gasteiger partial charge on any atom is -0.485 e. The average Bonchev–Trinajstić information content (AvgIpc) is 2.60. The van der Waals surface area contributed by atoms with Gasteiger partial charge in [0.1, 0.15) is 6.61 Å². The van der Waals surface area contributed by atoms with Crippen LogP contribution in [0.5, 0.6) is 11.5 Å². The maximum Gasteiger partial charge on any atom is 0.264 e. The van der Waals surface area contributed by atoms with Gasteiger partial charge in [0.05, 0.1) is 6.61 Å². The summed E-state index contributed by atoms with van der Waals surface area (Å²) >= 11 is 0. The highest BCUT2D eigenvalue weighted by Gasteiger charge is 2.27. The van der Waals surface area contributed by atoms with Gasteiger partial charge < -0.3 is 19.5 Å². The number of carbonyl (C=O) groups is 1. The highest BCUT2D eigenvalue weighted by atomic mass is 16.6. The van der Waals surface area contributed by atoms with Crippen LogP contribution in [0.25, 0.3) is 0 Å². The molecule has 1 aliphatic rings. The van der Waals surface area contributed by atoms with E-state index in [1.807, 2.05) is 42.5 Å². The Labute approximate surface area is 135 Å². The van der Waals surface area contributed by atoms with E-state index >= 15 is 0 Å². The first-order valence-electron chi connectivity index (χ1n) is 7.50. The maximum absolute atomic E-state index is 12.3. The largest absolute Gasteiger partial charge is 0.485 e. The molecule has 0 saturated carbocycles. The minimum atomic E-state index is -0.639. The first-order valence-corrected chi connectivity index (χ1v) is 7.50. The third-order valence-corrected chi connectivity index (χ3v) is 3.67. The van der Waals surface area contributed by atoms with Gasteiger partial charge in [0.2, 0.25) is 6.10 Å². The number of carbonyl (C=O) groups excluding carboxylic acids is 1. The number of hydrogen-bond acceptors (Lipinski definition) is 4. The molecule has 1 N–H and O–H groups in total. The van der Waals surface area contributed by atoms with Crippen LogP contribution in [-0.2, 0) is 22.7 Å². The molecule has 0 saturated heterocycles. The number of nitrogens with one attached hydrogen (secondary N) is 1. The van der Waals surface area contributed by atoms with Crippen LogP contribution in [0.4, 0.5) is 0 Å². The van der Waals surface area contributed by atoms with Crippen molar-refractivity contribution in [3.63, 3.8) is 0 Å². The molecular formula is C18H19NO4. The molecule has 0 fully saturated rings. The molecule has 0 aliphatic carbocycles. The van der Waals surface area contributed by atoms with Gasteiger partial charge in [-0.15, -0.1) is 0 Å². The van der Waals surface area contributed by atoms with Crippen molar-refractivity contribution in [1.82, 2.24) is 5.32 Å². The lowest BCUT2D eigenvalue weighted by molar-refractivity contribution is -0.130. The first-order chi connectivity index (χ1) is 11.3. The molecule has 0 spiro atoms. The predicted molar refractivity (Wildman–Crippen MR) is 85.4 cm³/mol. The summed E-state index contributed by atoms with van der Waals surface area (Å²) in [7, 11) is 1.65. The Kier molecular flexibility index (Phi) is 4.78. The van der Waals surface area contributed by atoms with Crippen molar-refractivity contribution in [2.45, 2.75) is 19.3 Å². The lowest BCUT2D eigenvalue weighted by Gasteiger charge is -2.25. The van der Waals surface area contributed by atoms with Gasteiger partial charge >= 0.3 is 0 Å². The number of hydrogen-bond donors (Lipinski definition) is 1. The van der Waals surface area contributed by atoms with Crippen molar-refractivity contribution in [2.75, 3.05) is 13.7 Å². The van der Waals surface area contributed by atoms with Crippen LogP contribution in [0, 0.1) is 0 Å². The lowest BCUT2D eigenvalue weighted by Crippen LogP contribution is -2.43. The molecule has 23 heavy (non-hydrogen) atoms. The van der Waals surface area contributed by atoms with Gasteiger partial charge in [0, 0.05) is 13.7 Å². The van der Waals surface area contributed by atoms with E-state index < -0.39 is 6.10 Å². The second-order valence-corrected chi connectivity index (χ2v) is 5.28. The highest BCUT2D eigenvalue weighted by molar-refractivity contribution is 5.81. The molecule has 0 bridgehead atoms. The summed E-state index contributed by atoms with van der Waals surface area (Å²) in [5.74, 6) is 1.08. The zero-order valence-electron chi connectivity index (χ0n) is 13.0. The van der Waals surface area contributed by atoms with Crippen LogP contribution < -0.4 is 14.8 Å². The van der Waals surface area contributed by atoms with Gasteiger partial charge in [0.25, 0.3) is 5.91 Å². The summed E-state index contributed by atoms with van der Waals surface area (Å²) in [4.78, 5) is 12.3. The number of rotatable bonds is 5. The van der Waals surface area contributed by atoms with Crippen molar-refractivity contribution in [2.24, 2.45) is 0 Å². The van der Waals surface area contributed by atoms with E-state index in [9.17, 15) is 4.79 Å². The van der Waals surface area contributed by atoms with Gasteiger partial charge in [-0.3, -0.25) is 4.79 Å². The zero-order valence-corrected chi connectivity index (χ0v) is 13.0. The van der Waals surface area contributed by atoms with E-state index in [2.05, 4.69) is 5.32 Å². The van der Waals surface area contributed by atoms with Crippen molar-refractivity contribution in [1.29, 1.82) is 0 Å². The highest BCUT2D eigenvalue weighted by Crippen LogP contribution is 2.30. The average molecular weight is 313 g/mol. The molecule has 0 aromatic heterocycles. The number of amides is 1.